The standard InChI is InChI=1S/C17H23N3OS/c1-4-20-15(10-14(18-20)9-12(2)3)17(21)19-7-5-16-13(11-19)6-8-22-16/h6,8,10,12H,4-5,7,9,11H2,1-3H3. The first-order valence-electron chi connectivity index (χ1n) is 7.99. The zero-order chi connectivity index (χ0) is 15.7. The van der Waals surface area contributed by atoms with Gasteiger partial charge in [-0.25, -0.2) is 0 Å². The van der Waals surface area contributed by atoms with E-state index in [0.717, 1.165) is 43.9 Å². The Balaban J connectivity index is 1.81. The molecule has 1 amide bonds. The highest BCUT2D eigenvalue weighted by atomic mass is 32.1. The molecule has 1 aliphatic rings. The number of carbonyl (C=O) groups is 1. The first-order chi connectivity index (χ1) is 10.6. The number of amides is 1. The van der Waals surface area contributed by atoms with Gasteiger partial charge in [0.05, 0.1) is 5.69 Å². The summed E-state index contributed by atoms with van der Waals surface area (Å²) in [5, 5.41) is 6.71. The quantitative estimate of drug-likeness (QED) is 0.867. The third-order valence-corrected chi connectivity index (χ3v) is 5.08. The molecular formula is C17H23N3OS. The van der Waals surface area contributed by atoms with Crippen molar-refractivity contribution in [2.24, 2.45) is 5.92 Å². The maximum Gasteiger partial charge on any atom is 0.272 e. The molecule has 5 heteroatoms. The normalized spacial score (nSPS) is 14.5. The highest BCUT2D eigenvalue weighted by Gasteiger charge is 2.25. The van der Waals surface area contributed by atoms with E-state index >= 15 is 0 Å². The minimum atomic E-state index is 0.112. The fraction of sp³-hybridized carbons (Fsp3) is 0.529. The third kappa shape index (κ3) is 2.95. The van der Waals surface area contributed by atoms with Gasteiger partial charge in [0.2, 0.25) is 0 Å². The van der Waals surface area contributed by atoms with Crippen molar-refractivity contribution in [3.05, 3.63) is 39.3 Å². The van der Waals surface area contributed by atoms with Gasteiger partial charge in [0.1, 0.15) is 5.69 Å². The molecule has 2 aromatic rings. The summed E-state index contributed by atoms with van der Waals surface area (Å²) in [6.07, 6.45) is 1.89. The van der Waals surface area contributed by atoms with E-state index in [2.05, 4.69) is 30.4 Å². The second kappa shape index (κ2) is 6.24. The van der Waals surface area contributed by atoms with Gasteiger partial charge in [-0.3, -0.25) is 9.48 Å². The van der Waals surface area contributed by atoms with Crippen LogP contribution in [0, 0.1) is 5.92 Å². The molecule has 4 nitrogen and oxygen atoms in total. The number of nitrogens with zero attached hydrogens (tertiary/aromatic N) is 3. The number of hydrogen-bond donors (Lipinski definition) is 0. The number of rotatable bonds is 4. The van der Waals surface area contributed by atoms with Crippen LogP contribution in [-0.4, -0.2) is 27.1 Å². The van der Waals surface area contributed by atoms with E-state index in [1.54, 1.807) is 11.3 Å². The van der Waals surface area contributed by atoms with Crippen LogP contribution in [0.25, 0.3) is 0 Å². The first kappa shape index (κ1) is 15.3. The molecule has 0 atom stereocenters. The molecule has 3 heterocycles. The van der Waals surface area contributed by atoms with Gasteiger partial charge in [0, 0.05) is 24.5 Å². The van der Waals surface area contributed by atoms with Crippen LogP contribution in [0.1, 0.15) is 47.4 Å². The van der Waals surface area contributed by atoms with Crippen molar-refractivity contribution >= 4 is 17.2 Å². The number of fused-ring (bicyclic) bond motifs is 1. The van der Waals surface area contributed by atoms with Crippen LogP contribution >= 0.6 is 11.3 Å². The molecule has 3 rings (SSSR count). The predicted octanol–water partition coefficient (Wildman–Crippen LogP) is 3.36. The van der Waals surface area contributed by atoms with Crippen LogP contribution in [-0.2, 0) is 25.9 Å². The highest BCUT2D eigenvalue weighted by Crippen LogP contribution is 2.25. The minimum absolute atomic E-state index is 0.112. The number of hydrogen-bond acceptors (Lipinski definition) is 3. The van der Waals surface area contributed by atoms with E-state index in [-0.39, 0.29) is 5.91 Å². The molecule has 0 aromatic carbocycles. The van der Waals surface area contributed by atoms with Gasteiger partial charge in [-0.1, -0.05) is 13.8 Å². The van der Waals surface area contributed by atoms with E-state index in [9.17, 15) is 4.79 Å². The minimum Gasteiger partial charge on any atom is -0.333 e. The molecule has 118 valence electrons. The average molecular weight is 317 g/mol. The van der Waals surface area contributed by atoms with Crippen molar-refractivity contribution in [2.45, 2.75) is 46.7 Å². The Bertz CT molecular complexity index is 671. The fourth-order valence-electron chi connectivity index (χ4n) is 2.99. The molecule has 0 unspecified atom stereocenters. The van der Waals surface area contributed by atoms with Gasteiger partial charge in [0.15, 0.2) is 0 Å². The molecule has 1 aliphatic heterocycles. The zero-order valence-electron chi connectivity index (χ0n) is 13.5. The SMILES string of the molecule is CCn1nc(CC(C)C)cc1C(=O)N1CCc2sccc2C1. The Morgan fingerprint density at radius 1 is 1.45 bits per heavy atom. The lowest BCUT2D eigenvalue weighted by atomic mass is 10.1. The highest BCUT2D eigenvalue weighted by molar-refractivity contribution is 7.10. The molecule has 0 radical (unpaired) electrons. The molecule has 22 heavy (non-hydrogen) atoms. The monoisotopic (exact) mass is 317 g/mol. The molecule has 0 fully saturated rings. The van der Waals surface area contributed by atoms with Gasteiger partial charge >= 0.3 is 0 Å². The molecule has 2 aromatic heterocycles. The van der Waals surface area contributed by atoms with Crippen LogP contribution in [0.5, 0.6) is 0 Å². The van der Waals surface area contributed by atoms with Crippen LogP contribution < -0.4 is 0 Å². The lowest BCUT2D eigenvalue weighted by Crippen LogP contribution is -2.36. The van der Waals surface area contributed by atoms with E-state index < -0.39 is 0 Å². The van der Waals surface area contributed by atoms with Crippen molar-refractivity contribution in [3.8, 4) is 0 Å². The van der Waals surface area contributed by atoms with Gasteiger partial charge in [-0.05, 0) is 48.8 Å². The van der Waals surface area contributed by atoms with Crippen molar-refractivity contribution in [2.75, 3.05) is 6.54 Å². The van der Waals surface area contributed by atoms with E-state index in [4.69, 9.17) is 0 Å². The van der Waals surface area contributed by atoms with Gasteiger partial charge < -0.3 is 4.90 Å². The summed E-state index contributed by atoms with van der Waals surface area (Å²) in [4.78, 5) is 16.3. The molecule has 0 aliphatic carbocycles. The number of aryl methyl sites for hydroxylation is 1. The number of aromatic nitrogens is 2. The Labute approximate surface area is 135 Å². The molecular weight excluding hydrogens is 294 g/mol. The van der Waals surface area contributed by atoms with Crippen LogP contribution in [0.15, 0.2) is 17.5 Å². The summed E-state index contributed by atoms with van der Waals surface area (Å²) in [6.45, 7) is 8.66. The van der Waals surface area contributed by atoms with E-state index in [0.29, 0.717) is 5.92 Å². The molecule has 0 saturated heterocycles. The maximum atomic E-state index is 12.9. The third-order valence-electron chi connectivity index (χ3n) is 4.06. The number of carbonyl (C=O) groups excluding carboxylic acids is 1. The van der Waals surface area contributed by atoms with Gasteiger partial charge in [-0.2, -0.15) is 5.10 Å². The van der Waals surface area contributed by atoms with Gasteiger partial charge in [0.25, 0.3) is 5.91 Å². The summed E-state index contributed by atoms with van der Waals surface area (Å²) < 4.78 is 1.85. The predicted molar refractivity (Wildman–Crippen MR) is 89.2 cm³/mol. The topological polar surface area (TPSA) is 38.1 Å². The summed E-state index contributed by atoms with van der Waals surface area (Å²) in [7, 11) is 0. The molecule has 0 N–H and O–H groups in total. The maximum absolute atomic E-state index is 12.9. The van der Waals surface area contributed by atoms with Crippen molar-refractivity contribution in [1.82, 2.24) is 14.7 Å². The van der Waals surface area contributed by atoms with Crippen molar-refractivity contribution in [1.29, 1.82) is 0 Å². The fourth-order valence-corrected chi connectivity index (χ4v) is 3.87. The summed E-state index contributed by atoms with van der Waals surface area (Å²) in [5.41, 5.74) is 3.06. The lowest BCUT2D eigenvalue weighted by Gasteiger charge is -2.27. The zero-order valence-corrected chi connectivity index (χ0v) is 14.3. The van der Waals surface area contributed by atoms with Crippen molar-refractivity contribution in [3.63, 3.8) is 0 Å². The second-order valence-corrected chi connectivity index (χ2v) is 7.28. The van der Waals surface area contributed by atoms with Crippen LogP contribution in [0.3, 0.4) is 0 Å². The Kier molecular flexibility index (Phi) is 4.34. The first-order valence-corrected chi connectivity index (χ1v) is 8.87. The van der Waals surface area contributed by atoms with Crippen LogP contribution in [0.4, 0.5) is 0 Å². The van der Waals surface area contributed by atoms with E-state index in [1.807, 2.05) is 22.6 Å². The van der Waals surface area contributed by atoms with Gasteiger partial charge in [-0.15, -0.1) is 11.3 Å². The lowest BCUT2D eigenvalue weighted by molar-refractivity contribution is 0.0723. The Morgan fingerprint density at radius 2 is 2.27 bits per heavy atom. The molecule has 0 saturated carbocycles. The summed E-state index contributed by atoms with van der Waals surface area (Å²) in [5.74, 6) is 0.660. The van der Waals surface area contributed by atoms with Crippen LogP contribution in [0.2, 0.25) is 0 Å². The number of thiophene rings is 1. The molecule has 0 bridgehead atoms. The summed E-state index contributed by atoms with van der Waals surface area (Å²) >= 11 is 1.80. The average Bonchev–Trinajstić information content (AvgIpc) is 3.11. The Hall–Kier alpha value is -1.62. The molecule has 0 spiro atoms. The summed E-state index contributed by atoms with van der Waals surface area (Å²) in [6, 6.07) is 4.12. The largest absolute Gasteiger partial charge is 0.333 e. The second-order valence-electron chi connectivity index (χ2n) is 6.28. The Morgan fingerprint density at radius 3 is 3.00 bits per heavy atom. The van der Waals surface area contributed by atoms with E-state index in [1.165, 1.54) is 10.4 Å². The van der Waals surface area contributed by atoms with Crippen molar-refractivity contribution < 1.29 is 4.79 Å². The smallest absolute Gasteiger partial charge is 0.272 e.